The molecule has 1 aliphatic carbocycles. The zero-order chi connectivity index (χ0) is 19.8. The molecule has 3 aromatic heterocycles. The lowest BCUT2D eigenvalue weighted by Crippen LogP contribution is -2.23. The van der Waals surface area contributed by atoms with E-state index in [-0.39, 0.29) is 5.56 Å². The molecule has 0 saturated heterocycles. The molecule has 0 bridgehead atoms. The molecule has 0 amide bonds. The van der Waals surface area contributed by atoms with E-state index in [4.69, 9.17) is 9.40 Å². The normalized spacial score (nSPS) is 13.3. The van der Waals surface area contributed by atoms with Gasteiger partial charge in [-0.05, 0) is 31.2 Å². The maximum absolute atomic E-state index is 13.2. The molecule has 4 aromatic rings. The van der Waals surface area contributed by atoms with Crippen molar-refractivity contribution in [3.8, 4) is 11.3 Å². The zero-order valence-corrected chi connectivity index (χ0v) is 17.8. The summed E-state index contributed by atoms with van der Waals surface area (Å²) in [6.45, 7) is 2.76. The van der Waals surface area contributed by atoms with Crippen LogP contribution < -0.4 is 5.56 Å². The summed E-state index contributed by atoms with van der Waals surface area (Å²) < 4.78 is 7.75. The number of fused-ring (bicyclic) bond motifs is 3. The van der Waals surface area contributed by atoms with Crippen LogP contribution in [0.3, 0.4) is 0 Å². The van der Waals surface area contributed by atoms with E-state index in [1.54, 1.807) is 17.5 Å². The van der Waals surface area contributed by atoms with Crippen LogP contribution >= 0.6 is 23.1 Å². The van der Waals surface area contributed by atoms with Gasteiger partial charge in [-0.15, -0.1) is 11.3 Å². The smallest absolute Gasteiger partial charge is 0.263 e. The largest absolute Gasteiger partial charge is 0.440 e. The van der Waals surface area contributed by atoms with E-state index in [0.717, 1.165) is 52.4 Å². The van der Waals surface area contributed by atoms with Crippen molar-refractivity contribution in [1.29, 1.82) is 0 Å². The van der Waals surface area contributed by atoms with E-state index in [1.165, 1.54) is 22.2 Å². The number of rotatable bonds is 6. The van der Waals surface area contributed by atoms with Crippen molar-refractivity contribution < 1.29 is 4.42 Å². The van der Waals surface area contributed by atoms with Gasteiger partial charge in [0.2, 0.25) is 5.89 Å². The summed E-state index contributed by atoms with van der Waals surface area (Å²) >= 11 is 3.21. The lowest BCUT2D eigenvalue weighted by molar-refractivity contribution is 0.528. The van der Waals surface area contributed by atoms with Crippen molar-refractivity contribution in [2.75, 3.05) is 0 Å². The predicted molar refractivity (Wildman–Crippen MR) is 118 cm³/mol. The Morgan fingerprint density at radius 1 is 1.24 bits per heavy atom. The second-order valence-corrected chi connectivity index (χ2v) is 9.19. The van der Waals surface area contributed by atoms with Crippen molar-refractivity contribution in [3.63, 3.8) is 0 Å². The Morgan fingerprint density at radius 2 is 2.10 bits per heavy atom. The van der Waals surface area contributed by atoms with Gasteiger partial charge in [-0.2, -0.15) is 0 Å². The third kappa shape index (κ3) is 3.42. The molecule has 1 aliphatic rings. The summed E-state index contributed by atoms with van der Waals surface area (Å²) in [5.74, 6) is 1.93. The molecule has 1 aromatic carbocycles. The van der Waals surface area contributed by atoms with E-state index in [1.807, 2.05) is 34.9 Å². The van der Waals surface area contributed by atoms with E-state index < -0.39 is 0 Å². The molecule has 5 nitrogen and oxygen atoms in total. The minimum atomic E-state index is 0.108. The number of aryl methyl sites for hydroxylation is 2. The van der Waals surface area contributed by atoms with Gasteiger partial charge in [-0.3, -0.25) is 9.36 Å². The molecule has 0 atom stereocenters. The van der Waals surface area contributed by atoms with Gasteiger partial charge in [-0.25, -0.2) is 9.97 Å². The maximum atomic E-state index is 13.2. The Bertz CT molecular complexity index is 1220. The predicted octanol–water partition coefficient (Wildman–Crippen LogP) is 5.30. The van der Waals surface area contributed by atoms with Crippen LogP contribution in [0.1, 0.15) is 36.1 Å². The number of thiophene rings is 1. The Hall–Kier alpha value is -2.38. The summed E-state index contributed by atoms with van der Waals surface area (Å²) in [5, 5.41) is 1.60. The Labute approximate surface area is 176 Å². The van der Waals surface area contributed by atoms with Crippen molar-refractivity contribution >= 4 is 33.3 Å². The molecule has 0 fully saturated rings. The van der Waals surface area contributed by atoms with Gasteiger partial charge in [-0.1, -0.05) is 49.0 Å². The quantitative estimate of drug-likeness (QED) is 0.311. The summed E-state index contributed by atoms with van der Waals surface area (Å²) in [6, 6.07) is 9.94. The Kier molecular flexibility index (Phi) is 5.01. The van der Waals surface area contributed by atoms with Crippen molar-refractivity contribution in [2.45, 2.75) is 50.1 Å². The molecular weight excluding hydrogens is 402 g/mol. The fraction of sp³-hybridized carbons (Fsp3) is 0.318. The number of thioether (sulfide) groups is 1. The van der Waals surface area contributed by atoms with Gasteiger partial charge < -0.3 is 4.42 Å². The van der Waals surface area contributed by atoms with E-state index >= 15 is 0 Å². The Morgan fingerprint density at radius 3 is 2.93 bits per heavy atom. The van der Waals surface area contributed by atoms with Crippen molar-refractivity contribution in [2.24, 2.45) is 0 Å². The highest BCUT2D eigenvalue weighted by Crippen LogP contribution is 2.36. The highest BCUT2D eigenvalue weighted by atomic mass is 32.2. The summed E-state index contributed by atoms with van der Waals surface area (Å²) in [4.78, 5) is 24.7. The van der Waals surface area contributed by atoms with Gasteiger partial charge in [0.15, 0.2) is 10.9 Å². The second-order valence-electron chi connectivity index (χ2n) is 7.16. The molecular formula is C22H21N3O2S2. The van der Waals surface area contributed by atoms with Crippen LogP contribution in [0.15, 0.2) is 50.9 Å². The van der Waals surface area contributed by atoms with E-state index in [9.17, 15) is 4.79 Å². The van der Waals surface area contributed by atoms with Crippen molar-refractivity contribution in [1.82, 2.24) is 14.5 Å². The molecule has 0 radical (unpaired) electrons. The minimum Gasteiger partial charge on any atom is -0.440 e. The highest BCUT2D eigenvalue weighted by molar-refractivity contribution is 7.98. The fourth-order valence-electron chi connectivity index (χ4n) is 3.83. The van der Waals surface area contributed by atoms with Gasteiger partial charge in [0.25, 0.3) is 5.56 Å². The average Bonchev–Trinajstić information content (AvgIpc) is 3.45. The third-order valence-corrected chi connectivity index (χ3v) is 7.32. The van der Waals surface area contributed by atoms with E-state index in [2.05, 4.69) is 11.9 Å². The molecule has 7 heteroatoms. The molecule has 3 heterocycles. The molecule has 5 rings (SSSR count). The number of benzene rings is 1. The summed E-state index contributed by atoms with van der Waals surface area (Å²) in [5.41, 5.74) is 2.35. The lowest BCUT2D eigenvalue weighted by Gasteiger charge is -2.10. The number of hydrogen-bond donors (Lipinski definition) is 0. The molecule has 148 valence electrons. The summed E-state index contributed by atoms with van der Waals surface area (Å²) in [6.07, 6.45) is 5.87. The van der Waals surface area contributed by atoms with Gasteiger partial charge >= 0.3 is 0 Å². The zero-order valence-electron chi connectivity index (χ0n) is 16.2. The van der Waals surface area contributed by atoms with Gasteiger partial charge in [0.05, 0.1) is 17.3 Å². The molecule has 0 saturated carbocycles. The van der Waals surface area contributed by atoms with Crippen LogP contribution in [0, 0.1) is 0 Å². The standard InChI is InChI=1S/C22H21N3O2S2/c1-2-11-25-21(26)19-15-9-6-10-17(15)29-20(19)24-22(25)28-13-18-23-12-16(27-18)14-7-4-3-5-8-14/h3-5,7-8,12H,2,6,9-11,13H2,1H3. The van der Waals surface area contributed by atoms with Crippen LogP contribution in [0.25, 0.3) is 21.5 Å². The van der Waals surface area contributed by atoms with Crippen molar-refractivity contribution in [3.05, 3.63) is 63.2 Å². The molecule has 29 heavy (non-hydrogen) atoms. The maximum Gasteiger partial charge on any atom is 0.263 e. The van der Waals surface area contributed by atoms with Crippen LogP contribution in [-0.4, -0.2) is 14.5 Å². The first-order valence-electron chi connectivity index (χ1n) is 9.92. The highest BCUT2D eigenvalue weighted by Gasteiger charge is 2.23. The number of hydrogen-bond acceptors (Lipinski definition) is 6. The summed E-state index contributed by atoms with van der Waals surface area (Å²) in [7, 11) is 0. The minimum absolute atomic E-state index is 0.108. The van der Waals surface area contributed by atoms with Gasteiger partial charge in [0, 0.05) is 17.0 Å². The lowest BCUT2D eigenvalue weighted by atomic mass is 10.2. The van der Waals surface area contributed by atoms with E-state index in [0.29, 0.717) is 18.2 Å². The first kappa shape index (κ1) is 18.6. The Balaban J connectivity index is 1.45. The average molecular weight is 424 g/mol. The van der Waals surface area contributed by atoms with Crippen LogP contribution in [0.5, 0.6) is 0 Å². The van der Waals surface area contributed by atoms with Gasteiger partial charge in [0.1, 0.15) is 4.83 Å². The molecule has 0 unspecified atom stereocenters. The second kappa shape index (κ2) is 7.80. The monoisotopic (exact) mass is 423 g/mol. The van der Waals surface area contributed by atoms with Crippen LogP contribution in [-0.2, 0) is 25.1 Å². The first-order chi connectivity index (χ1) is 14.2. The first-order valence-corrected chi connectivity index (χ1v) is 11.7. The van der Waals surface area contributed by atoms with Crippen LogP contribution in [0.2, 0.25) is 0 Å². The number of nitrogens with zero attached hydrogens (tertiary/aromatic N) is 3. The number of aromatic nitrogens is 3. The SMILES string of the molecule is CCCn1c(SCc2ncc(-c3ccccc3)o2)nc2sc3c(c2c1=O)CCC3. The molecule has 0 spiro atoms. The number of oxazole rings is 1. The van der Waals surface area contributed by atoms with Crippen LogP contribution in [0.4, 0.5) is 0 Å². The third-order valence-electron chi connectivity index (χ3n) is 5.17. The molecule has 0 N–H and O–H groups in total. The topological polar surface area (TPSA) is 60.9 Å². The fourth-order valence-corrected chi connectivity index (χ4v) is 6.01. The molecule has 0 aliphatic heterocycles.